The highest BCUT2D eigenvalue weighted by Crippen LogP contribution is 2.38. The van der Waals surface area contributed by atoms with Crippen LogP contribution < -0.4 is 0 Å². The first kappa shape index (κ1) is 14.0. The molecular weight excluding hydrogens is 268 g/mol. The molecule has 0 saturated heterocycles. The summed E-state index contributed by atoms with van der Waals surface area (Å²) in [5.74, 6) is 0.0801. The van der Waals surface area contributed by atoms with Crippen molar-refractivity contribution in [2.45, 2.75) is 44.0 Å². The number of rotatable bonds is 3. The van der Waals surface area contributed by atoms with Crippen LogP contribution in [0.25, 0.3) is 0 Å². The van der Waals surface area contributed by atoms with Crippen molar-refractivity contribution in [2.75, 3.05) is 6.26 Å². The first-order chi connectivity index (χ1) is 8.38. The molecule has 1 saturated carbocycles. The quantitative estimate of drug-likeness (QED) is 0.930. The number of aryl methyl sites for hydroxylation is 1. The van der Waals surface area contributed by atoms with Crippen LogP contribution in [0, 0.1) is 12.8 Å². The molecule has 0 bridgehead atoms. The average Bonchev–Trinajstić information content (AvgIpc) is 2.74. The summed E-state index contributed by atoms with van der Waals surface area (Å²) in [7, 11) is -2.98. The summed E-state index contributed by atoms with van der Waals surface area (Å²) in [6.45, 7) is 2.01. The molecule has 0 spiro atoms. The highest BCUT2D eigenvalue weighted by molar-refractivity contribution is 7.91. The van der Waals surface area contributed by atoms with Crippen molar-refractivity contribution in [1.82, 2.24) is 0 Å². The molecule has 102 valence electrons. The van der Waals surface area contributed by atoms with E-state index in [2.05, 4.69) is 0 Å². The van der Waals surface area contributed by atoms with Gasteiger partial charge in [-0.05, 0) is 44.2 Å². The Morgan fingerprint density at radius 2 is 2.11 bits per heavy atom. The fourth-order valence-corrected chi connectivity index (χ4v) is 4.85. The molecule has 1 aromatic rings. The predicted octanol–water partition coefficient (Wildman–Crippen LogP) is 2.69. The van der Waals surface area contributed by atoms with Gasteiger partial charge in [0, 0.05) is 16.0 Å². The number of thiophene rings is 1. The van der Waals surface area contributed by atoms with E-state index in [1.165, 1.54) is 11.1 Å². The molecule has 2 rings (SSSR count). The van der Waals surface area contributed by atoms with Crippen LogP contribution in [0.5, 0.6) is 0 Å². The Labute approximate surface area is 113 Å². The normalized spacial score (nSPS) is 27.1. The molecule has 1 fully saturated rings. The smallest absolute Gasteiger partial charge is 0.150 e. The molecule has 0 radical (unpaired) electrons. The van der Waals surface area contributed by atoms with Crippen LogP contribution in [-0.4, -0.2) is 25.0 Å². The van der Waals surface area contributed by atoms with E-state index in [0.717, 1.165) is 24.1 Å². The second kappa shape index (κ2) is 5.31. The second-order valence-electron chi connectivity index (χ2n) is 5.27. The van der Waals surface area contributed by atoms with E-state index in [4.69, 9.17) is 0 Å². The fourth-order valence-electron chi connectivity index (χ4n) is 2.70. The van der Waals surface area contributed by atoms with Gasteiger partial charge in [-0.3, -0.25) is 0 Å². The van der Waals surface area contributed by atoms with Gasteiger partial charge in [0.2, 0.25) is 0 Å². The molecule has 1 N–H and O–H groups in total. The minimum Gasteiger partial charge on any atom is -0.387 e. The van der Waals surface area contributed by atoms with Gasteiger partial charge in [-0.2, -0.15) is 0 Å². The van der Waals surface area contributed by atoms with Crippen LogP contribution >= 0.6 is 11.3 Å². The van der Waals surface area contributed by atoms with Crippen LogP contribution in [0.4, 0.5) is 0 Å². The Bertz CT molecular complexity index is 504. The number of sulfone groups is 1. The van der Waals surface area contributed by atoms with E-state index in [1.807, 2.05) is 19.1 Å². The largest absolute Gasteiger partial charge is 0.387 e. The highest BCUT2D eigenvalue weighted by Gasteiger charge is 2.33. The summed E-state index contributed by atoms with van der Waals surface area (Å²) in [5, 5.41) is 10.1. The van der Waals surface area contributed by atoms with Crippen LogP contribution in [0.15, 0.2) is 12.1 Å². The molecule has 1 aliphatic carbocycles. The van der Waals surface area contributed by atoms with E-state index in [1.54, 1.807) is 11.3 Å². The van der Waals surface area contributed by atoms with Crippen molar-refractivity contribution in [3.63, 3.8) is 0 Å². The van der Waals surface area contributed by atoms with Gasteiger partial charge in [0.15, 0.2) is 0 Å². The van der Waals surface area contributed by atoms with E-state index < -0.39 is 15.9 Å². The summed E-state index contributed by atoms with van der Waals surface area (Å²) in [6.07, 6.45) is 3.95. The van der Waals surface area contributed by atoms with Gasteiger partial charge in [0.25, 0.3) is 0 Å². The Morgan fingerprint density at radius 3 is 2.67 bits per heavy atom. The lowest BCUT2D eigenvalue weighted by molar-refractivity contribution is 0.0888. The maximum Gasteiger partial charge on any atom is 0.150 e. The molecule has 1 heterocycles. The topological polar surface area (TPSA) is 54.4 Å². The Morgan fingerprint density at radius 1 is 1.39 bits per heavy atom. The van der Waals surface area contributed by atoms with Crippen LogP contribution in [-0.2, 0) is 9.84 Å². The van der Waals surface area contributed by atoms with E-state index in [9.17, 15) is 13.5 Å². The number of aliphatic hydroxyl groups excluding tert-OH is 1. The lowest BCUT2D eigenvalue weighted by Gasteiger charge is -2.30. The lowest BCUT2D eigenvalue weighted by atomic mass is 9.84. The first-order valence-corrected chi connectivity index (χ1v) is 9.08. The number of aliphatic hydroxyl groups is 1. The van der Waals surface area contributed by atoms with Crippen molar-refractivity contribution < 1.29 is 13.5 Å². The van der Waals surface area contributed by atoms with Gasteiger partial charge in [-0.1, -0.05) is 6.42 Å². The van der Waals surface area contributed by atoms with E-state index >= 15 is 0 Å². The van der Waals surface area contributed by atoms with Gasteiger partial charge in [-0.25, -0.2) is 8.42 Å². The molecule has 0 amide bonds. The second-order valence-corrected chi connectivity index (χ2v) is 8.92. The fraction of sp³-hybridized carbons (Fsp3) is 0.692. The summed E-state index contributed by atoms with van der Waals surface area (Å²) in [6, 6.07) is 3.95. The van der Waals surface area contributed by atoms with Crippen molar-refractivity contribution in [1.29, 1.82) is 0 Å². The standard InChI is InChI=1S/C13H20O3S2/c1-9-6-7-12(17-9)13(14)10-4-3-5-11(8-10)18(2,15)16/h6-7,10-11,13-14H,3-5,8H2,1-2H3. The molecule has 18 heavy (non-hydrogen) atoms. The Kier molecular flexibility index (Phi) is 4.14. The van der Waals surface area contributed by atoms with Gasteiger partial charge in [0.05, 0.1) is 11.4 Å². The average molecular weight is 288 g/mol. The summed E-state index contributed by atoms with van der Waals surface area (Å²) < 4.78 is 23.2. The molecule has 5 heteroatoms. The van der Waals surface area contributed by atoms with Crippen molar-refractivity contribution in [3.05, 3.63) is 21.9 Å². The minimum absolute atomic E-state index is 0.0801. The molecule has 1 aliphatic rings. The number of hydrogen-bond acceptors (Lipinski definition) is 4. The third kappa shape index (κ3) is 3.13. The number of hydrogen-bond donors (Lipinski definition) is 1. The lowest BCUT2D eigenvalue weighted by Crippen LogP contribution is -2.30. The molecule has 0 aromatic carbocycles. The van der Waals surface area contributed by atoms with Crippen LogP contribution in [0.1, 0.15) is 41.5 Å². The molecule has 0 aliphatic heterocycles. The summed E-state index contributed by atoms with van der Waals surface area (Å²) in [5.41, 5.74) is 0. The maximum absolute atomic E-state index is 11.6. The zero-order valence-corrected chi connectivity index (χ0v) is 12.4. The highest BCUT2D eigenvalue weighted by atomic mass is 32.2. The molecule has 3 atom stereocenters. The summed E-state index contributed by atoms with van der Waals surface area (Å²) >= 11 is 1.60. The van der Waals surface area contributed by atoms with Crippen molar-refractivity contribution >= 4 is 21.2 Å². The molecular formula is C13H20O3S2. The van der Waals surface area contributed by atoms with E-state index in [0.29, 0.717) is 6.42 Å². The van der Waals surface area contributed by atoms with Gasteiger partial charge < -0.3 is 5.11 Å². The third-order valence-electron chi connectivity index (χ3n) is 3.77. The zero-order valence-electron chi connectivity index (χ0n) is 10.8. The first-order valence-electron chi connectivity index (χ1n) is 6.31. The van der Waals surface area contributed by atoms with Gasteiger partial charge >= 0.3 is 0 Å². The van der Waals surface area contributed by atoms with Crippen LogP contribution in [0.3, 0.4) is 0 Å². The van der Waals surface area contributed by atoms with Crippen molar-refractivity contribution in [3.8, 4) is 0 Å². The Hall–Kier alpha value is -0.390. The summed E-state index contributed by atoms with van der Waals surface area (Å²) in [4.78, 5) is 2.14. The van der Waals surface area contributed by atoms with Crippen LogP contribution in [0.2, 0.25) is 0 Å². The molecule has 3 unspecified atom stereocenters. The van der Waals surface area contributed by atoms with Gasteiger partial charge in [0.1, 0.15) is 9.84 Å². The Balaban J connectivity index is 2.09. The van der Waals surface area contributed by atoms with E-state index in [-0.39, 0.29) is 11.2 Å². The predicted molar refractivity (Wildman–Crippen MR) is 74.6 cm³/mol. The minimum atomic E-state index is -2.98. The zero-order chi connectivity index (χ0) is 13.3. The SMILES string of the molecule is Cc1ccc(C(O)C2CCCC(S(C)(=O)=O)C2)s1. The third-order valence-corrected chi connectivity index (χ3v) is 6.48. The monoisotopic (exact) mass is 288 g/mol. The molecule has 3 nitrogen and oxygen atoms in total. The maximum atomic E-state index is 11.6. The van der Waals surface area contributed by atoms with Gasteiger partial charge in [-0.15, -0.1) is 11.3 Å². The van der Waals surface area contributed by atoms with Crippen molar-refractivity contribution in [2.24, 2.45) is 5.92 Å². The molecule has 1 aromatic heterocycles.